The summed E-state index contributed by atoms with van der Waals surface area (Å²) in [5.41, 5.74) is 0.237. The van der Waals surface area contributed by atoms with E-state index in [0.29, 0.717) is 25.9 Å². The molecule has 0 saturated carbocycles. The van der Waals surface area contributed by atoms with Crippen LogP contribution in [0.15, 0.2) is 30.3 Å². The van der Waals surface area contributed by atoms with Crippen molar-refractivity contribution in [1.29, 1.82) is 0 Å². The van der Waals surface area contributed by atoms with Gasteiger partial charge in [-0.15, -0.1) is 0 Å². The summed E-state index contributed by atoms with van der Waals surface area (Å²) in [7, 11) is 0. The van der Waals surface area contributed by atoms with Crippen LogP contribution in [0.4, 0.5) is 9.59 Å². The van der Waals surface area contributed by atoms with Crippen LogP contribution < -0.4 is 0 Å². The Labute approximate surface area is 176 Å². The normalized spacial score (nSPS) is 19.5. The Morgan fingerprint density at radius 3 is 2.23 bits per heavy atom. The Hall–Kier alpha value is -2.90. The minimum absolute atomic E-state index is 0.0383. The van der Waals surface area contributed by atoms with Gasteiger partial charge in [-0.2, -0.15) is 0 Å². The molecule has 0 radical (unpaired) electrons. The van der Waals surface area contributed by atoms with Crippen LogP contribution in [0, 0.1) is 5.92 Å². The van der Waals surface area contributed by atoms with E-state index in [9.17, 15) is 19.2 Å². The fourth-order valence-corrected chi connectivity index (χ4v) is 3.79. The summed E-state index contributed by atoms with van der Waals surface area (Å²) in [6, 6.07) is 8.06. The fourth-order valence-electron chi connectivity index (χ4n) is 3.79. The van der Waals surface area contributed by atoms with Gasteiger partial charge in [0, 0.05) is 19.6 Å². The maximum absolute atomic E-state index is 12.9. The molecule has 30 heavy (non-hydrogen) atoms. The number of likely N-dealkylation sites (tertiary alicyclic amines) is 1. The number of hydrogen-bond donors (Lipinski definition) is 0. The molecule has 1 atom stereocenters. The van der Waals surface area contributed by atoms with E-state index in [2.05, 4.69) is 0 Å². The molecule has 5 amide bonds. The van der Waals surface area contributed by atoms with E-state index in [-0.39, 0.29) is 18.6 Å². The number of amides is 5. The number of hydrogen-bond acceptors (Lipinski definition) is 5. The van der Waals surface area contributed by atoms with Crippen molar-refractivity contribution in [3.05, 3.63) is 35.9 Å². The molecule has 0 spiro atoms. The van der Waals surface area contributed by atoms with Gasteiger partial charge in [0.05, 0.1) is 6.04 Å². The van der Waals surface area contributed by atoms with Gasteiger partial charge in [-0.3, -0.25) is 14.5 Å². The zero-order chi connectivity index (χ0) is 22.1. The molecular weight excluding hydrogens is 386 g/mol. The summed E-state index contributed by atoms with van der Waals surface area (Å²) < 4.78 is 5.39. The first-order valence-electron chi connectivity index (χ1n) is 10.3. The molecule has 2 aliphatic heterocycles. The molecule has 2 aliphatic rings. The second-order valence-electron chi connectivity index (χ2n) is 8.87. The van der Waals surface area contributed by atoms with E-state index < -0.39 is 29.5 Å². The van der Waals surface area contributed by atoms with E-state index in [1.165, 1.54) is 0 Å². The van der Waals surface area contributed by atoms with E-state index >= 15 is 0 Å². The number of piperidine rings is 1. The summed E-state index contributed by atoms with van der Waals surface area (Å²) in [6.07, 6.45) is 0.921. The van der Waals surface area contributed by atoms with Crippen molar-refractivity contribution in [2.24, 2.45) is 5.92 Å². The van der Waals surface area contributed by atoms with E-state index in [1.54, 1.807) is 11.8 Å². The predicted octanol–water partition coefficient (Wildman–Crippen LogP) is 3.19. The van der Waals surface area contributed by atoms with Crippen molar-refractivity contribution in [2.75, 3.05) is 19.6 Å². The SMILES string of the molecule is C[C@@H](c1ccccc1)N1C(=O)C(=O)N(CC2CCN(C(=O)OC(C)(C)C)CC2)C1=O. The van der Waals surface area contributed by atoms with Crippen molar-refractivity contribution >= 4 is 23.9 Å². The van der Waals surface area contributed by atoms with E-state index in [4.69, 9.17) is 4.74 Å². The predicted molar refractivity (Wildman–Crippen MR) is 109 cm³/mol. The maximum Gasteiger partial charge on any atom is 0.410 e. The number of imide groups is 2. The third kappa shape index (κ3) is 4.63. The molecule has 2 saturated heterocycles. The van der Waals surface area contributed by atoms with Gasteiger partial charge in [-0.1, -0.05) is 30.3 Å². The number of urea groups is 1. The van der Waals surface area contributed by atoms with Gasteiger partial charge in [-0.05, 0) is 52.0 Å². The lowest BCUT2D eigenvalue weighted by atomic mass is 9.96. The topological polar surface area (TPSA) is 87.2 Å². The third-order valence-corrected chi connectivity index (χ3v) is 5.46. The average Bonchev–Trinajstić information content (AvgIpc) is 2.90. The van der Waals surface area contributed by atoms with Crippen molar-refractivity contribution < 1.29 is 23.9 Å². The summed E-state index contributed by atoms with van der Waals surface area (Å²) >= 11 is 0. The third-order valence-electron chi connectivity index (χ3n) is 5.46. The van der Waals surface area contributed by atoms with Crippen LogP contribution >= 0.6 is 0 Å². The van der Waals surface area contributed by atoms with Gasteiger partial charge >= 0.3 is 23.9 Å². The molecule has 0 aliphatic carbocycles. The second kappa shape index (κ2) is 8.45. The lowest BCUT2D eigenvalue weighted by Gasteiger charge is -2.34. The smallest absolute Gasteiger partial charge is 0.410 e. The van der Waals surface area contributed by atoms with Crippen LogP contribution in [0.1, 0.15) is 52.1 Å². The van der Waals surface area contributed by atoms with Crippen LogP contribution in [0.5, 0.6) is 0 Å². The van der Waals surface area contributed by atoms with Crippen LogP contribution in [0.3, 0.4) is 0 Å². The molecular formula is C22H29N3O5. The molecule has 0 N–H and O–H groups in total. The Morgan fingerprint density at radius 1 is 1.07 bits per heavy atom. The van der Waals surface area contributed by atoms with Gasteiger partial charge in [0.1, 0.15) is 5.60 Å². The largest absolute Gasteiger partial charge is 0.444 e. The number of benzene rings is 1. The molecule has 0 aromatic heterocycles. The molecule has 0 unspecified atom stereocenters. The van der Waals surface area contributed by atoms with Gasteiger partial charge in [0.2, 0.25) is 0 Å². The molecule has 1 aromatic rings. The Bertz CT molecular complexity index is 825. The zero-order valence-corrected chi connectivity index (χ0v) is 18.0. The van der Waals surface area contributed by atoms with Gasteiger partial charge in [0.25, 0.3) is 0 Å². The quantitative estimate of drug-likeness (QED) is 0.557. The number of ether oxygens (including phenoxy) is 1. The highest BCUT2D eigenvalue weighted by Crippen LogP contribution is 2.28. The number of nitrogens with zero attached hydrogens (tertiary/aromatic N) is 3. The fraction of sp³-hybridized carbons (Fsp3) is 0.545. The highest BCUT2D eigenvalue weighted by atomic mass is 16.6. The monoisotopic (exact) mass is 415 g/mol. The minimum atomic E-state index is -0.789. The first-order valence-corrected chi connectivity index (χ1v) is 10.3. The Morgan fingerprint density at radius 2 is 1.67 bits per heavy atom. The first kappa shape index (κ1) is 21.8. The standard InChI is InChI=1S/C22H29N3O5/c1-15(17-8-6-5-7-9-17)25-19(27)18(26)24(20(25)28)14-16-10-12-23(13-11-16)21(29)30-22(2,3)4/h5-9,15-16H,10-14H2,1-4H3/t15-/m0/s1. The number of rotatable bonds is 4. The molecule has 8 nitrogen and oxygen atoms in total. The van der Waals surface area contributed by atoms with Crippen molar-refractivity contribution in [2.45, 2.75) is 52.2 Å². The minimum Gasteiger partial charge on any atom is -0.444 e. The molecule has 2 fully saturated rings. The molecule has 2 heterocycles. The van der Waals surface area contributed by atoms with Crippen molar-refractivity contribution in [3.63, 3.8) is 0 Å². The van der Waals surface area contributed by atoms with Gasteiger partial charge in [-0.25, -0.2) is 14.5 Å². The molecule has 162 valence electrons. The number of carbonyl (C=O) groups is 4. The molecule has 1 aromatic carbocycles. The summed E-state index contributed by atoms with van der Waals surface area (Å²) in [5.74, 6) is -1.53. The molecule has 3 rings (SSSR count). The van der Waals surface area contributed by atoms with Crippen LogP contribution in [0.2, 0.25) is 0 Å². The second-order valence-corrected chi connectivity index (χ2v) is 8.87. The zero-order valence-electron chi connectivity index (χ0n) is 18.0. The van der Waals surface area contributed by atoms with Crippen LogP contribution in [0.25, 0.3) is 0 Å². The highest BCUT2D eigenvalue weighted by molar-refractivity contribution is 6.44. The number of carbonyl (C=O) groups excluding carboxylic acids is 4. The Kier molecular flexibility index (Phi) is 6.14. The lowest BCUT2D eigenvalue weighted by Crippen LogP contribution is -2.45. The summed E-state index contributed by atoms with van der Waals surface area (Å²) in [4.78, 5) is 53.8. The van der Waals surface area contributed by atoms with E-state index in [1.807, 2.05) is 51.1 Å². The molecule has 8 heteroatoms. The lowest BCUT2D eigenvalue weighted by molar-refractivity contribution is -0.144. The van der Waals surface area contributed by atoms with Crippen molar-refractivity contribution in [3.8, 4) is 0 Å². The van der Waals surface area contributed by atoms with Crippen LogP contribution in [-0.2, 0) is 14.3 Å². The van der Waals surface area contributed by atoms with Crippen LogP contribution in [-0.4, -0.2) is 63.9 Å². The molecule has 0 bridgehead atoms. The maximum atomic E-state index is 12.9. The summed E-state index contributed by atoms with van der Waals surface area (Å²) in [6.45, 7) is 8.37. The van der Waals surface area contributed by atoms with Crippen molar-refractivity contribution in [1.82, 2.24) is 14.7 Å². The van der Waals surface area contributed by atoms with E-state index in [0.717, 1.165) is 15.4 Å². The Balaban J connectivity index is 1.60. The average molecular weight is 415 g/mol. The van der Waals surface area contributed by atoms with Gasteiger partial charge in [0.15, 0.2) is 0 Å². The van der Waals surface area contributed by atoms with Gasteiger partial charge < -0.3 is 9.64 Å². The summed E-state index contributed by atoms with van der Waals surface area (Å²) in [5, 5.41) is 0. The highest BCUT2D eigenvalue weighted by Gasteiger charge is 2.47. The first-order chi connectivity index (χ1) is 14.1.